The lowest BCUT2D eigenvalue weighted by Crippen LogP contribution is -2.28. The van der Waals surface area contributed by atoms with E-state index in [0.717, 1.165) is 0 Å². The van der Waals surface area contributed by atoms with Crippen LogP contribution in [0.15, 0.2) is 0 Å². The zero-order valence-electron chi connectivity index (χ0n) is 6.94. The molecule has 0 aliphatic carbocycles. The fourth-order valence-electron chi connectivity index (χ4n) is 0.591. The van der Waals surface area contributed by atoms with Gasteiger partial charge in [-0.3, -0.25) is 4.79 Å². The lowest BCUT2D eigenvalue weighted by atomic mass is 10.6. The fourth-order valence-corrected chi connectivity index (χ4v) is 1.46. The molecule has 0 fully saturated rings. The number of nitrogens with two attached hydrogens (primary N) is 1. The van der Waals surface area contributed by atoms with Crippen LogP contribution in [0.5, 0.6) is 0 Å². The molecule has 5 nitrogen and oxygen atoms in total. The van der Waals surface area contributed by atoms with Gasteiger partial charge in [0.15, 0.2) is 0 Å². The third-order valence-electron chi connectivity index (χ3n) is 1.02. The molecule has 0 saturated heterocycles. The summed E-state index contributed by atoms with van der Waals surface area (Å²) in [7, 11) is 3.32. The van der Waals surface area contributed by atoms with Gasteiger partial charge in [-0.25, -0.2) is 0 Å². The summed E-state index contributed by atoms with van der Waals surface area (Å²) in [5.41, 5.74) is 4.90. The molecule has 0 aromatic rings. The Morgan fingerprint density at radius 2 is 1.91 bits per heavy atom. The summed E-state index contributed by atoms with van der Waals surface area (Å²) < 4.78 is 14.1. The highest BCUT2D eigenvalue weighted by molar-refractivity contribution is 7.39. The van der Waals surface area contributed by atoms with E-state index in [-0.39, 0.29) is 6.54 Å². The van der Waals surface area contributed by atoms with Gasteiger partial charge in [-0.15, -0.1) is 0 Å². The first-order valence-electron chi connectivity index (χ1n) is 3.09. The highest BCUT2D eigenvalue weighted by atomic mass is 31.1. The Morgan fingerprint density at radius 3 is 2.18 bits per heavy atom. The van der Waals surface area contributed by atoms with Crippen LogP contribution < -0.4 is 5.73 Å². The van der Waals surface area contributed by atoms with Crippen molar-refractivity contribution in [3.63, 3.8) is 0 Å². The average Bonchev–Trinajstić information content (AvgIpc) is 1.84. The Balaban J connectivity index is 3.93. The lowest BCUT2D eigenvalue weighted by molar-refractivity contribution is -0.118. The molecular formula is C5H13N3O2P+. The van der Waals surface area contributed by atoms with Gasteiger partial charge in [0.05, 0.1) is 0 Å². The minimum atomic E-state index is -1.62. The molecule has 0 spiro atoms. The van der Waals surface area contributed by atoms with Crippen molar-refractivity contribution in [2.24, 2.45) is 5.73 Å². The smallest absolute Gasteiger partial charge is 0.368 e. The molecule has 0 heterocycles. The van der Waals surface area contributed by atoms with Gasteiger partial charge in [0.1, 0.15) is 6.54 Å². The van der Waals surface area contributed by atoms with E-state index < -0.39 is 14.0 Å². The Kier molecular flexibility index (Phi) is 4.18. The number of nitrogens with zero attached hydrogens (tertiary/aromatic N) is 2. The van der Waals surface area contributed by atoms with Crippen molar-refractivity contribution in [1.29, 1.82) is 0 Å². The molecular weight excluding hydrogens is 165 g/mol. The molecule has 0 radical (unpaired) electrons. The van der Waals surface area contributed by atoms with E-state index in [1.165, 1.54) is 9.34 Å². The van der Waals surface area contributed by atoms with Crippen molar-refractivity contribution in [3.8, 4) is 0 Å². The van der Waals surface area contributed by atoms with Crippen molar-refractivity contribution in [3.05, 3.63) is 0 Å². The van der Waals surface area contributed by atoms with E-state index >= 15 is 0 Å². The minimum absolute atomic E-state index is 0.0212. The standard InChI is InChI=1S/C5H12N3O2P/c1-7(2)11(10)8(3)4-5(6)9/h4H2,1-3H3,(H-,6,9)/p+1. The Morgan fingerprint density at radius 1 is 1.45 bits per heavy atom. The largest absolute Gasteiger partial charge is 0.537 e. The molecule has 6 heteroatoms. The molecule has 0 aromatic heterocycles. The number of carbonyl (C=O) groups is 1. The maximum Gasteiger partial charge on any atom is 0.537 e. The average molecular weight is 178 g/mol. The first-order chi connectivity index (χ1) is 4.95. The molecule has 11 heavy (non-hydrogen) atoms. The van der Waals surface area contributed by atoms with Gasteiger partial charge < -0.3 is 5.73 Å². The molecule has 0 bridgehead atoms. The minimum Gasteiger partial charge on any atom is -0.368 e. The normalized spacial score (nSPS) is 12.3. The highest BCUT2D eigenvalue weighted by Gasteiger charge is 2.27. The van der Waals surface area contributed by atoms with Crippen LogP contribution >= 0.6 is 8.10 Å². The summed E-state index contributed by atoms with van der Waals surface area (Å²) in [6, 6.07) is 0. The van der Waals surface area contributed by atoms with Crippen LogP contribution in [0.1, 0.15) is 0 Å². The summed E-state index contributed by atoms with van der Waals surface area (Å²) in [5, 5.41) is 0. The van der Waals surface area contributed by atoms with Crippen molar-refractivity contribution >= 4 is 14.0 Å². The van der Waals surface area contributed by atoms with Crippen LogP contribution in [0, 0.1) is 0 Å². The zero-order valence-corrected chi connectivity index (χ0v) is 7.84. The van der Waals surface area contributed by atoms with Crippen molar-refractivity contribution < 1.29 is 9.36 Å². The second kappa shape index (κ2) is 4.38. The van der Waals surface area contributed by atoms with E-state index in [1.807, 2.05) is 0 Å². The number of likely N-dealkylation sites (N-methyl/N-ethyl adjacent to an activating group) is 1. The van der Waals surface area contributed by atoms with Crippen LogP contribution in [0.3, 0.4) is 0 Å². The van der Waals surface area contributed by atoms with Crippen molar-refractivity contribution in [2.75, 3.05) is 27.7 Å². The lowest BCUT2D eigenvalue weighted by Gasteiger charge is -2.03. The molecule has 0 aliphatic rings. The third kappa shape index (κ3) is 4.03. The van der Waals surface area contributed by atoms with Crippen molar-refractivity contribution in [1.82, 2.24) is 9.34 Å². The van der Waals surface area contributed by atoms with Crippen LogP contribution in [0.2, 0.25) is 0 Å². The predicted octanol–water partition coefficient (Wildman–Crippen LogP) is -0.377. The molecule has 0 aliphatic heterocycles. The number of primary amides is 1. The molecule has 2 N–H and O–H groups in total. The maximum absolute atomic E-state index is 11.2. The maximum atomic E-state index is 11.2. The Hall–Kier alpha value is -0.510. The predicted molar refractivity (Wildman–Crippen MR) is 43.1 cm³/mol. The third-order valence-corrected chi connectivity index (χ3v) is 2.43. The van der Waals surface area contributed by atoms with Gasteiger partial charge in [0, 0.05) is 21.1 Å². The number of amides is 1. The molecule has 0 rings (SSSR count). The van der Waals surface area contributed by atoms with Gasteiger partial charge >= 0.3 is 8.10 Å². The van der Waals surface area contributed by atoms with Gasteiger partial charge in [-0.2, -0.15) is 0 Å². The second-order valence-corrected chi connectivity index (χ2v) is 4.37. The first kappa shape index (κ1) is 10.5. The molecule has 64 valence electrons. The number of hydrogen-bond donors (Lipinski definition) is 1. The summed E-state index contributed by atoms with van der Waals surface area (Å²) in [6.07, 6.45) is 0. The van der Waals surface area contributed by atoms with Crippen LogP contribution in [-0.2, 0) is 9.36 Å². The number of rotatable bonds is 4. The summed E-state index contributed by atoms with van der Waals surface area (Å²) >= 11 is 0. The zero-order chi connectivity index (χ0) is 9.02. The van der Waals surface area contributed by atoms with Gasteiger partial charge in [-0.05, 0) is 4.57 Å². The summed E-state index contributed by atoms with van der Waals surface area (Å²) in [5.74, 6) is -0.474. The van der Waals surface area contributed by atoms with E-state index in [4.69, 9.17) is 5.73 Å². The van der Waals surface area contributed by atoms with Crippen LogP contribution in [-0.4, -0.2) is 42.9 Å². The van der Waals surface area contributed by atoms with E-state index in [9.17, 15) is 9.36 Å². The number of hydrogen-bond acceptors (Lipinski definition) is 2. The second-order valence-electron chi connectivity index (χ2n) is 2.38. The van der Waals surface area contributed by atoms with Gasteiger partial charge in [-0.1, -0.05) is 9.34 Å². The summed E-state index contributed by atoms with van der Waals surface area (Å²) in [6.45, 7) is 0.0212. The molecule has 1 amide bonds. The van der Waals surface area contributed by atoms with E-state index in [0.29, 0.717) is 0 Å². The monoisotopic (exact) mass is 178 g/mol. The first-order valence-corrected chi connectivity index (χ1v) is 4.25. The van der Waals surface area contributed by atoms with E-state index in [1.54, 1.807) is 21.1 Å². The molecule has 1 atom stereocenters. The topological polar surface area (TPSA) is 66.6 Å². The Bertz CT molecular complexity index is 171. The molecule has 0 aromatic carbocycles. The highest BCUT2D eigenvalue weighted by Crippen LogP contribution is 2.25. The number of carbonyl (C=O) groups excluding carboxylic acids is 1. The van der Waals surface area contributed by atoms with Gasteiger partial charge in [0.2, 0.25) is 5.91 Å². The SMILES string of the molecule is CN(C)[P+](=O)N(C)CC(N)=O. The molecule has 0 saturated carbocycles. The van der Waals surface area contributed by atoms with Crippen molar-refractivity contribution in [2.45, 2.75) is 0 Å². The quantitative estimate of drug-likeness (QED) is 0.596. The summed E-state index contributed by atoms with van der Waals surface area (Å²) in [4.78, 5) is 10.4. The van der Waals surface area contributed by atoms with Gasteiger partial charge in [0.25, 0.3) is 0 Å². The molecule has 1 unspecified atom stereocenters. The fraction of sp³-hybridized carbons (Fsp3) is 0.800. The van der Waals surface area contributed by atoms with Crippen LogP contribution in [0.25, 0.3) is 0 Å². The van der Waals surface area contributed by atoms with Crippen LogP contribution in [0.4, 0.5) is 0 Å². The Labute approximate surface area is 67.0 Å². The van der Waals surface area contributed by atoms with E-state index in [2.05, 4.69) is 0 Å².